The maximum Gasteiger partial charge on any atom is 0.0607 e. The summed E-state index contributed by atoms with van der Waals surface area (Å²) in [5.41, 5.74) is 0. The number of hydrogen-bond donors (Lipinski definition) is 2. The highest BCUT2D eigenvalue weighted by Crippen LogP contribution is 1.90. The highest BCUT2D eigenvalue weighted by atomic mass is 15.2. The molecule has 0 aromatic rings. The topological polar surface area (TPSA) is 24.1 Å². The molecular weight excluding hydrogens is 100 g/mol. The van der Waals surface area contributed by atoms with Crippen LogP contribution in [-0.2, 0) is 0 Å². The van der Waals surface area contributed by atoms with E-state index in [1.54, 1.807) is 0 Å². The molecule has 0 bridgehead atoms. The van der Waals surface area contributed by atoms with Gasteiger partial charge in [-0.25, -0.2) is 0 Å². The van der Waals surface area contributed by atoms with Crippen molar-refractivity contribution in [3.05, 3.63) is 12.7 Å². The lowest BCUT2D eigenvalue weighted by Gasteiger charge is -2.04. The smallest absolute Gasteiger partial charge is 0.0607 e. The lowest BCUT2D eigenvalue weighted by molar-refractivity contribution is 0.561. The van der Waals surface area contributed by atoms with Crippen LogP contribution in [0.25, 0.3) is 0 Å². The first-order valence-corrected chi connectivity index (χ1v) is 3.01. The molecule has 0 saturated carbocycles. The summed E-state index contributed by atoms with van der Waals surface area (Å²) >= 11 is 0. The van der Waals surface area contributed by atoms with Crippen LogP contribution in [0, 0.1) is 0 Å². The van der Waals surface area contributed by atoms with Crippen molar-refractivity contribution >= 4 is 0 Å². The van der Waals surface area contributed by atoms with Gasteiger partial charge < -0.3 is 10.6 Å². The van der Waals surface area contributed by atoms with Crippen LogP contribution in [0.2, 0.25) is 0 Å². The monoisotopic (exact) mass is 112 g/mol. The van der Waals surface area contributed by atoms with Crippen LogP contribution in [0.4, 0.5) is 0 Å². The summed E-state index contributed by atoms with van der Waals surface area (Å²) in [7, 11) is 0. The Labute approximate surface area is 50.0 Å². The maximum absolute atomic E-state index is 3.64. The van der Waals surface area contributed by atoms with E-state index in [1.807, 2.05) is 6.08 Å². The van der Waals surface area contributed by atoms with Gasteiger partial charge >= 0.3 is 0 Å². The minimum Gasteiger partial charge on any atom is -0.300 e. The Kier molecular flexibility index (Phi) is 2.06. The molecule has 1 aliphatic heterocycles. The van der Waals surface area contributed by atoms with Gasteiger partial charge in [-0.2, -0.15) is 0 Å². The van der Waals surface area contributed by atoms with Crippen molar-refractivity contribution in [2.75, 3.05) is 13.1 Å². The van der Waals surface area contributed by atoms with Crippen molar-refractivity contribution in [1.29, 1.82) is 0 Å². The average Bonchev–Trinajstić information content (AvgIpc) is 2.19. The van der Waals surface area contributed by atoms with Crippen LogP contribution in [-0.4, -0.2) is 19.3 Å². The molecule has 2 heteroatoms. The third-order valence-corrected chi connectivity index (χ3v) is 1.31. The quantitative estimate of drug-likeness (QED) is 0.494. The summed E-state index contributed by atoms with van der Waals surface area (Å²) in [5, 5.41) is 6.55. The lowest BCUT2D eigenvalue weighted by atomic mass is 10.3. The highest BCUT2D eigenvalue weighted by molar-refractivity contribution is 4.80. The Bertz CT molecular complexity index is 74.6. The van der Waals surface area contributed by atoms with Crippen molar-refractivity contribution in [1.82, 2.24) is 10.6 Å². The second-order valence-electron chi connectivity index (χ2n) is 1.99. The minimum absolute atomic E-state index is 0.493. The molecule has 0 amide bonds. The Morgan fingerprint density at radius 2 is 2.12 bits per heavy atom. The van der Waals surface area contributed by atoms with Gasteiger partial charge in [-0.05, 0) is 6.42 Å². The Morgan fingerprint density at radius 1 is 1.50 bits per heavy atom. The highest BCUT2D eigenvalue weighted by Gasteiger charge is 2.08. The van der Waals surface area contributed by atoms with Crippen molar-refractivity contribution in [2.24, 2.45) is 0 Å². The molecule has 0 aliphatic carbocycles. The van der Waals surface area contributed by atoms with E-state index in [0.29, 0.717) is 6.17 Å². The summed E-state index contributed by atoms with van der Waals surface area (Å²) in [6.45, 7) is 5.84. The molecule has 0 radical (unpaired) electrons. The van der Waals surface area contributed by atoms with Gasteiger partial charge in [0.25, 0.3) is 0 Å². The maximum atomic E-state index is 3.64. The fourth-order valence-corrected chi connectivity index (χ4v) is 0.898. The number of rotatable bonds is 2. The van der Waals surface area contributed by atoms with Crippen LogP contribution in [0.1, 0.15) is 6.42 Å². The predicted molar refractivity (Wildman–Crippen MR) is 34.6 cm³/mol. The van der Waals surface area contributed by atoms with E-state index in [-0.39, 0.29) is 0 Å². The fourth-order valence-electron chi connectivity index (χ4n) is 0.898. The zero-order chi connectivity index (χ0) is 5.82. The molecule has 0 unspecified atom stereocenters. The van der Waals surface area contributed by atoms with E-state index in [4.69, 9.17) is 0 Å². The summed E-state index contributed by atoms with van der Waals surface area (Å²) < 4.78 is 0. The zero-order valence-corrected chi connectivity index (χ0v) is 4.98. The molecule has 2 N–H and O–H groups in total. The third kappa shape index (κ3) is 1.32. The number of hydrogen-bond acceptors (Lipinski definition) is 2. The van der Waals surface area contributed by atoms with Crippen LogP contribution in [0.15, 0.2) is 12.7 Å². The van der Waals surface area contributed by atoms with E-state index in [0.717, 1.165) is 19.5 Å². The summed E-state index contributed by atoms with van der Waals surface area (Å²) in [5.74, 6) is 0. The first kappa shape index (κ1) is 5.79. The second-order valence-corrected chi connectivity index (χ2v) is 1.99. The molecule has 2 nitrogen and oxygen atoms in total. The summed E-state index contributed by atoms with van der Waals surface area (Å²) in [6, 6.07) is 0. The molecule has 46 valence electrons. The molecule has 8 heavy (non-hydrogen) atoms. The number of nitrogens with one attached hydrogen (secondary N) is 2. The summed E-state index contributed by atoms with van der Waals surface area (Å²) in [6.07, 6.45) is 3.45. The first-order chi connectivity index (χ1) is 3.93. The minimum atomic E-state index is 0.493. The molecule has 1 aliphatic rings. The molecule has 1 fully saturated rings. The van der Waals surface area contributed by atoms with Gasteiger partial charge in [-0.15, -0.1) is 6.58 Å². The van der Waals surface area contributed by atoms with Gasteiger partial charge in [-0.3, -0.25) is 0 Å². The zero-order valence-electron chi connectivity index (χ0n) is 4.98. The fraction of sp³-hybridized carbons (Fsp3) is 0.667. The lowest BCUT2D eigenvalue weighted by Crippen LogP contribution is -2.29. The molecule has 0 spiro atoms. The van der Waals surface area contributed by atoms with Gasteiger partial charge in [0.2, 0.25) is 0 Å². The summed E-state index contributed by atoms with van der Waals surface area (Å²) in [4.78, 5) is 0. The van der Waals surface area contributed by atoms with Crippen molar-refractivity contribution in [3.63, 3.8) is 0 Å². The van der Waals surface area contributed by atoms with Crippen LogP contribution >= 0.6 is 0 Å². The SMILES string of the molecule is C=CCC1NCCN1. The van der Waals surface area contributed by atoms with Crippen molar-refractivity contribution < 1.29 is 0 Å². The standard InChI is InChI=1S/C6H12N2/c1-2-3-6-7-4-5-8-6/h2,6-8H,1,3-5H2. The van der Waals surface area contributed by atoms with Gasteiger partial charge in [0.05, 0.1) is 6.17 Å². The molecular formula is C6H12N2. The van der Waals surface area contributed by atoms with E-state index >= 15 is 0 Å². The first-order valence-electron chi connectivity index (χ1n) is 3.01. The second kappa shape index (κ2) is 2.84. The van der Waals surface area contributed by atoms with E-state index in [2.05, 4.69) is 17.2 Å². The van der Waals surface area contributed by atoms with Crippen LogP contribution < -0.4 is 10.6 Å². The Morgan fingerprint density at radius 3 is 2.62 bits per heavy atom. The van der Waals surface area contributed by atoms with E-state index in [9.17, 15) is 0 Å². The Balaban J connectivity index is 2.14. The van der Waals surface area contributed by atoms with Crippen molar-refractivity contribution in [3.8, 4) is 0 Å². The molecule has 0 atom stereocenters. The van der Waals surface area contributed by atoms with Gasteiger partial charge in [0.15, 0.2) is 0 Å². The molecule has 1 saturated heterocycles. The van der Waals surface area contributed by atoms with Gasteiger partial charge in [0, 0.05) is 13.1 Å². The molecule has 1 rings (SSSR count). The molecule has 1 heterocycles. The van der Waals surface area contributed by atoms with Gasteiger partial charge in [-0.1, -0.05) is 6.08 Å². The Hall–Kier alpha value is -0.340. The van der Waals surface area contributed by atoms with Crippen LogP contribution in [0.5, 0.6) is 0 Å². The van der Waals surface area contributed by atoms with Crippen LogP contribution in [0.3, 0.4) is 0 Å². The average molecular weight is 112 g/mol. The third-order valence-electron chi connectivity index (χ3n) is 1.31. The van der Waals surface area contributed by atoms with Gasteiger partial charge in [0.1, 0.15) is 0 Å². The molecule has 0 aromatic heterocycles. The van der Waals surface area contributed by atoms with E-state index in [1.165, 1.54) is 0 Å². The normalized spacial score (nSPS) is 21.5. The largest absolute Gasteiger partial charge is 0.300 e. The predicted octanol–water partition coefficient (Wildman–Crippen LogP) is 0.0814. The molecule has 0 aromatic carbocycles. The van der Waals surface area contributed by atoms with E-state index < -0.39 is 0 Å². The van der Waals surface area contributed by atoms with Crippen molar-refractivity contribution in [2.45, 2.75) is 12.6 Å².